The van der Waals surface area contributed by atoms with Crippen LogP contribution in [0.5, 0.6) is 0 Å². The van der Waals surface area contributed by atoms with E-state index < -0.39 is 0 Å². The van der Waals surface area contributed by atoms with E-state index >= 15 is 0 Å². The van der Waals surface area contributed by atoms with Crippen molar-refractivity contribution in [2.24, 2.45) is 0 Å². The molecule has 0 aliphatic rings. The van der Waals surface area contributed by atoms with Crippen LogP contribution in [-0.2, 0) is 6.42 Å². The van der Waals surface area contributed by atoms with Crippen LogP contribution in [0.15, 0.2) is 0 Å². The van der Waals surface area contributed by atoms with Gasteiger partial charge in [0.2, 0.25) is 10.7 Å². The van der Waals surface area contributed by atoms with Gasteiger partial charge in [-0.1, -0.05) is 0 Å². The standard InChI is InChI=1S/C7H12N8S/c1-15(6-8-7(16)12-11-6)4-2-3-5-9-13-14-10-5/h2-4H2,1H3,(H2,8,11,12,16)(H,9,10,13,14). The summed E-state index contributed by atoms with van der Waals surface area (Å²) in [6.45, 7) is 0.844. The van der Waals surface area contributed by atoms with E-state index in [1.807, 2.05) is 11.9 Å². The highest BCUT2D eigenvalue weighted by atomic mass is 32.1. The summed E-state index contributed by atoms with van der Waals surface area (Å²) in [6.07, 6.45) is 1.74. The number of rotatable bonds is 5. The SMILES string of the molecule is CN(CCCc1nnn[nH]1)c1nc(=S)[nH][nH]1. The van der Waals surface area contributed by atoms with Gasteiger partial charge in [0.05, 0.1) is 0 Å². The van der Waals surface area contributed by atoms with Gasteiger partial charge in [-0.15, -0.1) is 5.10 Å². The summed E-state index contributed by atoms with van der Waals surface area (Å²) in [4.78, 5) is 6.09. The second kappa shape index (κ2) is 4.84. The number of nitrogens with zero attached hydrogens (tertiary/aromatic N) is 5. The van der Waals surface area contributed by atoms with Gasteiger partial charge in [-0.3, -0.25) is 10.2 Å². The molecule has 8 nitrogen and oxygen atoms in total. The molecule has 2 heterocycles. The van der Waals surface area contributed by atoms with Crippen LogP contribution < -0.4 is 4.90 Å². The van der Waals surface area contributed by atoms with Crippen LogP contribution in [0.2, 0.25) is 0 Å². The van der Waals surface area contributed by atoms with Gasteiger partial charge >= 0.3 is 0 Å². The first-order valence-corrected chi connectivity index (χ1v) is 5.25. The Balaban J connectivity index is 1.80. The fraction of sp³-hybridized carbons (Fsp3) is 0.571. The molecule has 0 unspecified atom stereocenters. The Kier molecular flexibility index (Phi) is 3.25. The first-order chi connectivity index (χ1) is 7.75. The molecule has 0 saturated carbocycles. The number of aromatic nitrogens is 7. The number of tetrazole rings is 1. The number of anilines is 1. The van der Waals surface area contributed by atoms with E-state index in [1.54, 1.807) is 0 Å². The Morgan fingerprint density at radius 2 is 2.25 bits per heavy atom. The normalized spacial score (nSPS) is 10.6. The largest absolute Gasteiger partial charge is 0.344 e. The van der Waals surface area contributed by atoms with Gasteiger partial charge in [0.1, 0.15) is 5.82 Å². The van der Waals surface area contributed by atoms with Crippen molar-refractivity contribution in [2.45, 2.75) is 12.8 Å². The molecule has 0 saturated heterocycles. The third kappa shape index (κ3) is 2.63. The smallest absolute Gasteiger partial charge is 0.220 e. The molecule has 9 heteroatoms. The minimum Gasteiger partial charge on any atom is -0.344 e. The van der Waals surface area contributed by atoms with Crippen molar-refractivity contribution in [3.63, 3.8) is 0 Å². The fourth-order valence-electron chi connectivity index (χ4n) is 1.32. The lowest BCUT2D eigenvalue weighted by molar-refractivity contribution is 0.740. The van der Waals surface area contributed by atoms with Crippen molar-refractivity contribution in [1.82, 2.24) is 35.8 Å². The third-order valence-corrected chi connectivity index (χ3v) is 2.34. The molecule has 0 amide bonds. The van der Waals surface area contributed by atoms with Crippen molar-refractivity contribution < 1.29 is 0 Å². The fourth-order valence-corrected chi connectivity index (χ4v) is 1.45. The van der Waals surface area contributed by atoms with Crippen LogP contribution in [-0.4, -0.2) is 49.4 Å². The summed E-state index contributed by atoms with van der Waals surface area (Å²) in [6, 6.07) is 0. The second-order valence-electron chi connectivity index (χ2n) is 3.36. The van der Waals surface area contributed by atoms with Crippen LogP contribution in [0, 0.1) is 4.77 Å². The highest BCUT2D eigenvalue weighted by molar-refractivity contribution is 7.71. The highest BCUT2D eigenvalue weighted by Gasteiger charge is 2.04. The van der Waals surface area contributed by atoms with Gasteiger partial charge < -0.3 is 4.90 Å². The molecule has 0 radical (unpaired) electrons. The van der Waals surface area contributed by atoms with Crippen LogP contribution in [0.1, 0.15) is 12.2 Å². The molecule has 2 rings (SSSR count). The molecule has 0 fully saturated rings. The van der Waals surface area contributed by atoms with Gasteiger partial charge in [-0.25, -0.2) is 5.10 Å². The first kappa shape index (κ1) is 10.7. The molecule has 0 aliphatic carbocycles. The lowest BCUT2D eigenvalue weighted by atomic mass is 10.3. The quantitative estimate of drug-likeness (QED) is 0.638. The maximum Gasteiger partial charge on any atom is 0.220 e. The minimum absolute atomic E-state index is 0.460. The number of hydrogen-bond donors (Lipinski definition) is 3. The molecule has 0 spiro atoms. The van der Waals surface area contributed by atoms with Crippen molar-refractivity contribution in [2.75, 3.05) is 18.5 Å². The maximum absolute atomic E-state index is 4.87. The van der Waals surface area contributed by atoms with Gasteiger partial charge in [0, 0.05) is 20.0 Å². The van der Waals surface area contributed by atoms with E-state index in [0.29, 0.717) is 4.77 Å². The number of aryl methyl sites for hydroxylation is 1. The molecule has 0 bridgehead atoms. The van der Waals surface area contributed by atoms with Crippen molar-refractivity contribution >= 4 is 18.2 Å². The Bertz CT molecular complexity index is 471. The predicted octanol–water partition coefficient (Wildman–Crippen LogP) is 0.0494. The van der Waals surface area contributed by atoms with Crippen LogP contribution in [0.25, 0.3) is 0 Å². The molecular formula is C7H12N8S. The molecule has 0 aliphatic heterocycles. The van der Waals surface area contributed by atoms with Gasteiger partial charge in [-0.05, 0) is 29.1 Å². The summed E-state index contributed by atoms with van der Waals surface area (Å²) in [5, 5.41) is 19.2. The Hall–Kier alpha value is -1.77. The lowest BCUT2D eigenvalue weighted by Gasteiger charge is -2.14. The summed E-state index contributed by atoms with van der Waals surface area (Å²) >= 11 is 4.87. The van der Waals surface area contributed by atoms with Crippen LogP contribution in [0.4, 0.5) is 5.95 Å². The Morgan fingerprint density at radius 1 is 1.38 bits per heavy atom. The minimum atomic E-state index is 0.460. The topological polar surface area (TPSA) is 102 Å². The molecule has 2 aromatic rings. The zero-order chi connectivity index (χ0) is 11.4. The zero-order valence-corrected chi connectivity index (χ0v) is 9.58. The van der Waals surface area contributed by atoms with Gasteiger partial charge in [-0.2, -0.15) is 4.98 Å². The second-order valence-corrected chi connectivity index (χ2v) is 3.75. The molecule has 0 atom stereocenters. The number of H-pyrrole nitrogens is 3. The van der Waals surface area contributed by atoms with Crippen molar-refractivity contribution in [1.29, 1.82) is 0 Å². The predicted molar refractivity (Wildman–Crippen MR) is 59.5 cm³/mol. The first-order valence-electron chi connectivity index (χ1n) is 4.84. The molecule has 86 valence electrons. The average molecular weight is 240 g/mol. The Morgan fingerprint density at radius 3 is 2.88 bits per heavy atom. The van der Waals surface area contributed by atoms with Crippen molar-refractivity contribution in [3.05, 3.63) is 10.6 Å². The summed E-state index contributed by atoms with van der Waals surface area (Å²) in [7, 11) is 1.94. The van der Waals surface area contributed by atoms with E-state index in [-0.39, 0.29) is 0 Å². The molecule has 2 aromatic heterocycles. The molecule has 16 heavy (non-hydrogen) atoms. The van der Waals surface area contributed by atoms with Gasteiger partial charge in [0.15, 0.2) is 0 Å². The monoisotopic (exact) mass is 240 g/mol. The number of nitrogens with one attached hydrogen (secondary N) is 3. The molecule has 3 N–H and O–H groups in total. The zero-order valence-electron chi connectivity index (χ0n) is 8.77. The number of hydrogen-bond acceptors (Lipinski definition) is 6. The van der Waals surface area contributed by atoms with E-state index in [0.717, 1.165) is 31.2 Å². The van der Waals surface area contributed by atoms with E-state index in [2.05, 4.69) is 35.8 Å². The van der Waals surface area contributed by atoms with Gasteiger partial charge in [0.25, 0.3) is 0 Å². The van der Waals surface area contributed by atoms with Crippen molar-refractivity contribution in [3.8, 4) is 0 Å². The van der Waals surface area contributed by atoms with E-state index in [1.165, 1.54) is 0 Å². The molecule has 0 aromatic carbocycles. The third-order valence-electron chi connectivity index (χ3n) is 2.15. The van der Waals surface area contributed by atoms with Crippen LogP contribution in [0.3, 0.4) is 0 Å². The van der Waals surface area contributed by atoms with E-state index in [4.69, 9.17) is 12.2 Å². The summed E-state index contributed by atoms with van der Waals surface area (Å²) in [5.41, 5.74) is 0. The average Bonchev–Trinajstić information content (AvgIpc) is 2.89. The number of aromatic amines is 3. The summed E-state index contributed by atoms with van der Waals surface area (Å²) < 4.78 is 0.460. The Labute approximate surface area is 96.5 Å². The highest BCUT2D eigenvalue weighted by Crippen LogP contribution is 2.03. The summed E-state index contributed by atoms with van der Waals surface area (Å²) in [5.74, 6) is 1.53. The maximum atomic E-state index is 4.87. The van der Waals surface area contributed by atoms with Crippen LogP contribution >= 0.6 is 12.2 Å². The molecular weight excluding hydrogens is 228 g/mol. The van der Waals surface area contributed by atoms with E-state index in [9.17, 15) is 0 Å². The lowest BCUT2D eigenvalue weighted by Crippen LogP contribution is -2.20.